The molecule has 0 spiro atoms. The summed E-state index contributed by atoms with van der Waals surface area (Å²) in [4.78, 5) is 27.6. The Labute approximate surface area is 155 Å². The van der Waals surface area contributed by atoms with Crippen LogP contribution in [0, 0.1) is 6.92 Å². The number of esters is 1. The number of aromatic nitrogens is 1. The van der Waals surface area contributed by atoms with Gasteiger partial charge in [0.15, 0.2) is 11.4 Å². The van der Waals surface area contributed by atoms with Gasteiger partial charge in [-0.1, -0.05) is 18.2 Å². The highest BCUT2D eigenvalue weighted by molar-refractivity contribution is 6.03. The number of benzene rings is 2. The minimum absolute atomic E-state index is 0.152. The van der Waals surface area contributed by atoms with Crippen LogP contribution < -0.4 is 10.1 Å². The summed E-state index contributed by atoms with van der Waals surface area (Å²) in [6, 6.07) is 14.4. The number of nitrogens with one attached hydrogen (secondary N) is 1. The van der Waals surface area contributed by atoms with Gasteiger partial charge in [-0.3, -0.25) is 9.59 Å². The molecule has 0 fully saturated rings. The molecular formula is C20H18N2O5. The van der Waals surface area contributed by atoms with Crippen molar-refractivity contribution in [2.75, 3.05) is 13.7 Å². The second-order valence-electron chi connectivity index (χ2n) is 5.78. The van der Waals surface area contributed by atoms with Crippen LogP contribution >= 0.6 is 0 Å². The first-order valence-corrected chi connectivity index (χ1v) is 8.21. The highest BCUT2D eigenvalue weighted by Crippen LogP contribution is 2.33. The maximum absolute atomic E-state index is 12.2. The molecule has 1 amide bonds. The van der Waals surface area contributed by atoms with Gasteiger partial charge >= 0.3 is 5.97 Å². The molecule has 7 nitrogen and oxygen atoms in total. The summed E-state index contributed by atoms with van der Waals surface area (Å²) in [6.45, 7) is 1.42. The zero-order valence-corrected chi connectivity index (χ0v) is 14.9. The summed E-state index contributed by atoms with van der Waals surface area (Å²) in [5.41, 5.74) is 0.394. The van der Waals surface area contributed by atoms with E-state index in [0.29, 0.717) is 28.0 Å². The summed E-state index contributed by atoms with van der Waals surface area (Å²) in [6.07, 6.45) is 0. The van der Waals surface area contributed by atoms with Crippen molar-refractivity contribution in [3.05, 3.63) is 59.9 Å². The van der Waals surface area contributed by atoms with Crippen LogP contribution in [0.25, 0.3) is 10.8 Å². The number of pyridine rings is 1. The Balaban J connectivity index is 1.92. The number of rotatable bonds is 5. The monoisotopic (exact) mass is 366 g/mol. The van der Waals surface area contributed by atoms with Crippen molar-refractivity contribution in [1.82, 2.24) is 10.3 Å². The van der Waals surface area contributed by atoms with Crippen molar-refractivity contribution in [3.63, 3.8) is 0 Å². The topological polar surface area (TPSA) is 97.8 Å². The third-order valence-electron chi connectivity index (χ3n) is 3.95. The van der Waals surface area contributed by atoms with Crippen LogP contribution in [-0.2, 0) is 9.53 Å². The minimum atomic E-state index is -0.660. The molecule has 1 heterocycles. The lowest BCUT2D eigenvalue weighted by Gasteiger charge is -2.12. The number of carbonyl (C=O) groups excluding carboxylic acids is 2. The SMILES string of the molecule is COC(=O)CNC(=O)c1nc(C)c2cc(Oc3ccccc3)ccc2c1O. The predicted molar refractivity (Wildman–Crippen MR) is 99.0 cm³/mol. The number of amides is 1. The molecule has 3 aromatic rings. The van der Waals surface area contributed by atoms with E-state index in [4.69, 9.17) is 4.74 Å². The lowest BCUT2D eigenvalue weighted by Crippen LogP contribution is -2.30. The molecule has 1 aromatic heterocycles. The third kappa shape index (κ3) is 3.98. The number of carbonyl (C=O) groups is 2. The van der Waals surface area contributed by atoms with E-state index in [1.165, 1.54) is 7.11 Å². The van der Waals surface area contributed by atoms with E-state index in [9.17, 15) is 14.7 Å². The standard InChI is InChI=1S/C20H18N2O5/c1-12-16-10-14(27-13-6-4-3-5-7-13)8-9-15(16)19(24)18(22-12)20(25)21-11-17(23)26-2/h3-10,24H,11H2,1-2H3,(H,21,25). The molecular weight excluding hydrogens is 348 g/mol. The number of methoxy groups -OCH3 is 1. The highest BCUT2D eigenvalue weighted by Gasteiger charge is 2.19. The number of hydrogen-bond acceptors (Lipinski definition) is 6. The zero-order valence-electron chi connectivity index (χ0n) is 14.9. The molecule has 0 saturated heterocycles. The average Bonchev–Trinajstić information content (AvgIpc) is 2.69. The summed E-state index contributed by atoms with van der Waals surface area (Å²) >= 11 is 0. The van der Waals surface area contributed by atoms with Crippen molar-refractivity contribution in [1.29, 1.82) is 0 Å². The Morgan fingerprint density at radius 3 is 2.52 bits per heavy atom. The first-order valence-electron chi connectivity index (χ1n) is 8.21. The Hall–Kier alpha value is -3.61. The van der Waals surface area contributed by atoms with Gasteiger partial charge in [-0.05, 0) is 37.3 Å². The number of para-hydroxylation sites is 1. The van der Waals surface area contributed by atoms with E-state index in [1.807, 2.05) is 30.3 Å². The van der Waals surface area contributed by atoms with Gasteiger partial charge in [-0.15, -0.1) is 0 Å². The largest absolute Gasteiger partial charge is 0.505 e. The Bertz CT molecular complexity index is 1000. The molecule has 0 atom stereocenters. The summed E-state index contributed by atoms with van der Waals surface area (Å²) in [5, 5.41) is 14.0. The Kier molecular flexibility index (Phi) is 5.21. The van der Waals surface area contributed by atoms with Crippen molar-refractivity contribution in [2.45, 2.75) is 6.92 Å². The molecule has 2 N–H and O–H groups in total. The molecule has 27 heavy (non-hydrogen) atoms. The fraction of sp³-hybridized carbons (Fsp3) is 0.150. The number of hydrogen-bond donors (Lipinski definition) is 2. The molecule has 3 rings (SSSR count). The molecule has 0 aliphatic heterocycles. The van der Waals surface area contributed by atoms with Gasteiger partial charge in [0.2, 0.25) is 0 Å². The number of ether oxygens (including phenoxy) is 2. The van der Waals surface area contributed by atoms with Crippen LogP contribution in [0.5, 0.6) is 17.2 Å². The van der Waals surface area contributed by atoms with Crippen LogP contribution in [-0.4, -0.2) is 35.6 Å². The Morgan fingerprint density at radius 1 is 1.07 bits per heavy atom. The smallest absolute Gasteiger partial charge is 0.325 e. The molecule has 0 aliphatic rings. The lowest BCUT2D eigenvalue weighted by atomic mass is 10.1. The molecule has 0 aliphatic carbocycles. The predicted octanol–water partition coefficient (Wildman–Crippen LogP) is 2.94. The van der Waals surface area contributed by atoms with Crippen LogP contribution in [0.3, 0.4) is 0 Å². The first kappa shape index (κ1) is 18.2. The van der Waals surface area contributed by atoms with Crippen molar-refractivity contribution in [2.24, 2.45) is 0 Å². The average molecular weight is 366 g/mol. The van der Waals surface area contributed by atoms with Gasteiger partial charge in [0.25, 0.3) is 5.91 Å². The quantitative estimate of drug-likeness (QED) is 0.674. The van der Waals surface area contributed by atoms with Gasteiger partial charge in [0.1, 0.15) is 18.0 Å². The van der Waals surface area contributed by atoms with Gasteiger partial charge in [0.05, 0.1) is 7.11 Å². The van der Waals surface area contributed by atoms with E-state index in [-0.39, 0.29) is 18.0 Å². The van der Waals surface area contributed by atoms with Gasteiger partial charge in [-0.2, -0.15) is 0 Å². The Morgan fingerprint density at radius 2 is 1.81 bits per heavy atom. The van der Waals surface area contributed by atoms with E-state index in [0.717, 1.165) is 0 Å². The van der Waals surface area contributed by atoms with Crippen molar-refractivity contribution < 1.29 is 24.2 Å². The van der Waals surface area contributed by atoms with Gasteiger partial charge in [0, 0.05) is 16.5 Å². The highest BCUT2D eigenvalue weighted by atomic mass is 16.5. The van der Waals surface area contributed by atoms with Gasteiger partial charge < -0.3 is 19.9 Å². The number of nitrogens with zero attached hydrogens (tertiary/aromatic N) is 1. The van der Waals surface area contributed by atoms with Crippen molar-refractivity contribution in [3.8, 4) is 17.2 Å². The first-order chi connectivity index (χ1) is 13.0. The maximum atomic E-state index is 12.2. The molecule has 0 saturated carbocycles. The molecule has 0 bridgehead atoms. The van der Waals surface area contributed by atoms with E-state index in [1.54, 1.807) is 25.1 Å². The number of fused-ring (bicyclic) bond motifs is 1. The van der Waals surface area contributed by atoms with E-state index in [2.05, 4.69) is 15.0 Å². The third-order valence-corrected chi connectivity index (χ3v) is 3.95. The van der Waals surface area contributed by atoms with Crippen molar-refractivity contribution >= 4 is 22.6 Å². The van der Waals surface area contributed by atoms with E-state index < -0.39 is 11.9 Å². The molecule has 0 radical (unpaired) electrons. The fourth-order valence-electron chi connectivity index (χ4n) is 2.59. The minimum Gasteiger partial charge on any atom is -0.505 e. The lowest BCUT2D eigenvalue weighted by molar-refractivity contribution is -0.139. The van der Waals surface area contributed by atoms with E-state index >= 15 is 0 Å². The molecule has 7 heteroatoms. The summed E-state index contributed by atoms with van der Waals surface area (Å²) in [7, 11) is 1.22. The van der Waals surface area contributed by atoms with Crippen LogP contribution in [0.4, 0.5) is 0 Å². The second-order valence-corrected chi connectivity index (χ2v) is 5.78. The van der Waals surface area contributed by atoms with Crippen LogP contribution in [0.2, 0.25) is 0 Å². The molecule has 0 unspecified atom stereocenters. The maximum Gasteiger partial charge on any atom is 0.325 e. The summed E-state index contributed by atoms with van der Waals surface area (Å²) < 4.78 is 10.3. The van der Waals surface area contributed by atoms with Crippen LogP contribution in [0.15, 0.2) is 48.5 Å². The molecule has 2 aromatic carbocycles. The fourth-order valence-corrected chi connectivity index (χ4v) is 2.59. The number of aromatic hydroxyl groups is 1. The zero-order chi connectivity index (χ0) is 19.4. The molecule has 138 valence electrons. The summed E-state index contributed by atoms with van der Waals surface area (Å²) in [5.74, 6) is -0.244. The normalized spacial score (nSPS) is 10.4. The second kappa shape index (κ2) is 7.74. The number of aryl methyl sites for hydroxylation is 1. The van der Waals surface area contributed by atoms with Gasteiger partial charge in [-0.25, -0.2) is 4.98 Å². The van der Waals surface area contributed by atoms with Crippen LogP contribution in [0.1, 0.15) is 16.2 Å².